The van der Waals surface area contributed by atoms with Crippen LogP contribution in [0.15, 0.2) is 34.6 Å². The van der Waals surface area contributed by atoms with Crippen molar-refractivity contribution in [1.82, 2.24) is 0 Å². The fourth-order valence-electron chi connectivity index (χ4n) is 1.34. The van der Waals surface area contributed by atoms with E-state index in [1.807, 2.05) is 33.7 Å². The Morgan fingerprint density at radius 1 is 1.22 bits per heavy atom. The molecule has 5 heteroatoms. The lowest BCUT2D eigenvalue weighted by atomic mass is 10.2. The maximum Gasteiger partial charge on any atom is 0.0719 e. The summed E-state index contributed by atoms with van der Waals surface area (Å²) < 4.78 is 0. The molecule has 0 amide bonds. The van der Waals surface area contributed by atoms with Crippen molar-refractivity contribution in [2.45, 2.75) is 19.8 Å². The van der Waals surface area contributed by atoms with Gasteiger partial charge in [0.1, 0.15) is 0 Å². The highest BCUT2D eigenvalue weighted by Gasteiger charge is 2.20. The Morgan fingerprint density at radius 2 is 2.00 bits per heavy atom. The van der Waals surface area contributed by atoms with Gasteiger partial charge in [0.2, 0.25) is 0 Å². The molecule has 3 nitrogen and oxygen atoms in total. The molecule has 0 atom stereocenters. The van der Waals surface area contributed by atoms with Crippen LogP contribution in [0.2, 0.25) is 0 Å². The van der Waals surface area contributed by atoms with E-state index in [2.05, 4.69) is 34.8 Å². The van der Waals surface area contributed by atoms with Gasteiger partial charge in [-0.15, -0.1) is 0 Å². The van der Waals surface area contributed by atoms with Crippen LogP contribution in [-0.4, -0.2) is 18.1 Å². The van der Waals surface area contributed by atoms with Gasteiger partial charge >= 0.3 is 0 Å². The molecule has 0 aliphatic heterocycles. The molecule has 98 valence electrons. The molecule has 0 radical (unpaired) electrons. The van der Waals surface area contributed by atoms with E-state index in [0.29, 0.717) is 0 Å². The third kappa shape index (κ3) is 5.78. The van der Waals surface area contributed by atoms with Crippen LogP contribution in [0.4, 0.5) is 5.69 Å². The Bertz CT molecular complexity index is 374. The van der Waals surface area contributed by atoms with Crippen LogP contribution >= 0.6 is 21.6 Å². The SMILES string of the molecule is Cc1ccc(NN=NCCSSCC2CC2)cc1. The van der Waals surface area contributed by atoms with Gasteiger partial charge in [-0.1, -0.05) is 44.5 Å². The third-order valence-corrected chi connectivity index (χ3v) is 5.19. The maximum absolute atomic E-state index is 4.10. The van der Waals surface area contributed by atoms with Crippen molar-refractivity contribution in [1.29, 1.82) is 0 Å². The summed E-state index contributed by atoms with van der Waals surface area (Å²) in [5.74, 6) is 3.35. The Morgan fingerprint density at radius 3 is 2.72 bits per heavy atom. The predicted octanol–water partition coefficient (Wildman–Crippen LogP) is 4.57. The van der Waals surface area contributed by atoms with Gasteiger partial charge in [-0.3, -0.25) is 5.43 Å². The van der Waals surface area contributed by atoms with Crippen molar-refractivity contribution in [3.63, 3.8) is 0 Å². The fourth-order valence-corrected chi connectivity index (χ4v) is 3.68. The molecule has 0 heterocycles. The number of anilines is 1. The molecule has 18 heavy (non-hydrogen) atoms. The van der Waals surface area contributed by atoms with E-state index >= 15 is 0 Å². The van der Waals surface area contributed by atoms with Crippen molar-refractivity contribution in [3.05, 3.63) is 29.8 Å². The number of aryl methyl sites for hydroxylation is 1. The molecule has 1 aliphatic carbocycles. The number of rotatable bonds is 8. The Balaban J connectivity index is 1.50. The Hall–Kier alpha value is -0.680. The molecule has 0 spiro atoms. The first-order valence-corrected chi connectivity index (χ1v) is 8.77. The van der Waals surface area contributed by atoms with Gasteiger partial charge in [-0.25, -0.2) is 0 Å². The van der Waals surface area contributed by atoms with Gasteiger partial charge in [-0.2, -0.15) is 5.11 Å². The van der Waals surface area contributed by atoms with Crippen LogP contribution in [0.5, 0.6) is 0 Å². The highest BCUT2D eigenvalue weighted by atomic mass is 33.1. The predicted molar refractivity (Wildman–Crippen MR) is 82.2 cm³/mol. The van der Waals surface area contributed by atoms with Gasteiger partial charge in [0.25, 0.3) is 0 Å². The number of hydrogen-bond donors (Lipinski definition) is 1. The molecule has 1 aromatic rings. The number of hydrogen-bond acceptors (Lipinski definition) is 4. The summed E-state index contributed by atoms with van der Waals surface area (Å²) in [6.45, 7) is 2.85. The van der Waals surface area contributed by atoms with Crippen molar-refractivity contribution < 1.29 is 0 Å². The van der Waals surface area contributed by atoms with Gasteiger partial charge in [0.05, 0.1) is 12.2 Å². The summed E-state index contributed by atoms with van der Waals surface area (Å²) in [6.07, 6.45) is 2.88. The van der Waals surface area contributed by atoms with Crippen LogP contribution in [0.25, 0.3) is 0 Å². The van der Waals surface area contributed by atoms with Crippen LogP contribution < -0.4 is 5.43 Å². The van der Waals surface area contributed by atoms with Crippen LogP contribution in [0, 0.1) is 12.8 Å². The molecular formula is C13H19N3S2. The lowest BCUT2D eigenvalue weighted by Crippen LogP contribution is -1.89. The largest absolute Gasteiger partial charge is 0.260 e. The van der Waals surface area contributed by atoms with Gasteiger partial charge in [-0.05, 0) is 37.8 Å². The van der Waals surface area contributed by atoms with E-state index in [1.165, 1.54) is 24.2 Å². The first kappa shape index (κ1) is 13.7. The smallest absolute Gasteiger partial charge is 0.0719 e. The molecule has 0 aromatic heterocycles. The summed E-state index contributed by atoms with van der Waals surface area (Å²) in [7, 11) is 3.88. The normalized spacial score (nSPS) is 15.2. The molecule has 1 N–H and O–H groups in total. The second kappa shape index (κ2) is 7.69. The minimum Gasteiger partial charge on any atom is -0.260 e. The summed E-state index contributed by atoms with van der Waals surface area (Å²) >= 11 is 0. The van der Waals surface area contributed by atoms with E-state index < -0.39 is 0 Å². The summed E-state index contributed by atoms with van der Waals surface area (Å²) in [6, 6.07) is 8.13. The maximum atomic E-state index is 4.10. The lowest BCUT2D eigenvalue weighted by molar-refractivity contribution is 0.973. The van der Waals surface area contributed by atoms with Crippen LogP contribution in [0.3, 0.4) is 0 Å². The standard InChI is InChI=1S/C13H19N3S2/c1-11-2-6-13(7-3-11)15-16-14-8-9-17-18-10-12-4-5-12/h2-3,6-7,12H,4-5,8-10H2,1H3,(H,14,15). The summed E-state index contributed by atoms with van der Waals surface area (Å²) in [5, 5.41) is 8.07. The van der Waals surface area contributed by atoms with E-state index in [-0.39, 0.29) is 0 Å². The van der Waals surface area contributed by atoms with Crippen LogP contribution in [0.1, 0.15) is 18.4 Å². The zero-order chi connectivity index (χ0) is 12.6. The zero-order valence-corrected chi connectivity index (χ0v) is 12.3. The molecule has 1 aromatic carbocycles. The van der Waals surface area contributed by atoms with E-state index in [1.54, 1.807) is 0 Å². The van der Waals surface area contributed by atoms with Gasteiger partial charge < -0.3 is 0 Å². The van der Waals surface area contributed by atoms with Crippen LogP contribution in [-0.2, 0) is 0 Å². The molecule has 0 bridgehead atoms. The monoisotopic (exact) mass is 281 g/mol. The molecular weight excluding hydrogens is 262 g/mol. The zero-order valence-electron chi connectivity index (χ0n) is 10.6. The van der Waals surface area contributed by atoms with Crippen molar-refractivity contribution in [3.8, 4) is 0 Å². The molecule has 2 rings (SSSR count). The molecule has 1 saturated carbocycles. The van der Waals surface area contributed by atoms with Gasteiger partial charge in [0.15, 0.2) is 0 Å². The highest BCUT2D eigenvalue weighted by molar-refractivity contribution is 8.76. The molecule has 1 aliphatic rings. The number of benzene rings is 1. The highest BCUT2D eigenvalue weighted by Crippen LogP contribution is 2.36. The molecule has 1 fully saturated rings. The average molecular weight is 281 g/mol. The number of nitrogens with one attached hydrogen (secondary N) is 1. The second-order valence-corrected chi connectivity index (χ2v) is 7.12. The first-order valence-electron chi connectivity index (χ1n) is 6.28. The van der Waals surface area contributed by atoms with E-state index in [0.717, 1.165) is 23.9 Å². The van der Waals surface area contributed by atoms with E-state index in [4.69, 9.17) is 0 Å². The topological polar surface area (TPSA) is 36.8 Å². The van der Waals surface area contributed by atoms with Gasteiger partial charge in [0, 0.05) is 11.5 Å². The first-order chi connectivity index (χ1) is 8.84. The second-order valence-electron chi connectivity index (χ2n) is 4.49. The number of nitrogens with zero attached hydrogens (tertiary/aromatic N) is 2. The minimum atomic E-state index is 0.779. The third-order valence-electron chi connectivity index (χ3n) is 2.66. The van der Waals surface area contributed by atoms with E-state index in [9.17, 15) is 0 Å². The summed E-state index contributed by atoms with van der Waals surface area (Å²) in [4.78, 5) is 0. The summed E-state index contributed by atoms with van der Waals surface area (Å²) in [5.41, 5.74) is 5.17. The Labute approximate surface area is 117 Å². The quantitative estimate of drug-likeness (QED) is 0.328. The lowest BCUT2D eigenvalue weighted by Gasteiger charge is -1.99. The Kier molecular flexibility index (Phi) is 5.87. The molecule has 0 saturated heterocycles. The molecule has 0 unspecified atom stereocenters. The average Bonchev–Trinajstić information content (AvgIpc) is 3.19. The minimum absolute atomic E-state index is 0.779. The fraction of sp³-hybridized carbons (Fsp3) is 0.538. The van der Waals surface area contributed by atoms with Crippen molar-refractivity contribution in [2.75, 3.05) is 23.5 Å². The van der Waals surface area contributed by atoms with Crippen molar-refractivity contribution >= 4 is 27.3 Å². The van der Waals surface area contributed by atoms with Crippen molar-refractivity contribution in [2.24, 2.45) is 16.3 Å².